The van der Waals surface area contributed by atoms with Crippen LogP contribution in [0.25, 0.3) is 0 Å². The van der Waals surface area contributed by atoms with Crippen LogP contribution in [0.2, 0.25) is 13.3 Å². The zero-order valence-corrected chi connectivity index (χ0v) is 18.8. The second kappa shape index (κ2) is 9.61. The molecule has 1 unspecified atom stereocenters. The van der Waals surface area contributed by atoms with Crippen LogP contribution in [0.5, 0.6) is 0 Å². The Labute approximate surface area is 152 Å². The quantitative estimate of drug-likeness (QED) is 0.335. The van der Waals surface area contributed by atoms with Crippen molar-refractivity contribution in [2.45, 2.75) is 91.0 Å². The first-order valence-corrected chi connectivity index (χ1v) is 17.8. The third kappa shape index (κ3) is 5.00. The Hall–Kier alpha value is -0.0313. The summed E-state index contributed by atoms with van der Waals surface area (Å²) in [6, 6.07) is 0. The molecule has 0 radical (unpaired) electrons. The van der Waals surface area contributed by atoms with Gasteiger partial charge in [-0.25, -0.2) is 0 Å². The van der Waals surface area contributed by atoms with E-state index in [1.807, 2.05) is 0 Å². The molecule has 24 heavy (non-hydrogen) atoms. The van der Waals surface area contributed by atoms with Gasteiger partial charge in [0.2, 0.25) is 0 Å². The number of hydrogen-bond acceptors (Lipinski definition) is 3. The molecule has 3 nitrogen and oxygen atoms in total. The molecule has 2 fully saturated rings. The van der Waals surface area contributed by atoms with Crippen molar-refractivity contribution >= 4 is 24.3 Å². The van der Waals surface area contributed by atoms with Crippen LogP contribution in [0.4, 0.5) is 0 Å². The van der Waals surface area contributed by atoms with Crippen LogP contribution < -0.4 is 0 Å². The van der Waals surface area contributed by atoms with Gasteiger partial charge < -0.3 is 0 Å². The van der Waals surface area contributed by atoms with Crippen LogP contribution in [0, 0.1) is 0 Å². The summed E-state index contributed by atoms with van der Waals surface area (Å²) < 4.78 is 18.5. The fraction of sp³-hybridized carbons (Fsp3) is 0.850. The predicted molar refractivity (Wildman–Crippen MR) is 102 cm³/mol. The third-order valence-electron chi connectivity index (χ3n) is 5.80. The normalized spacial score (nSPS) is 25.8. The summed E-state index contributed by atoms with van der Waals surface area (Å²) in [6.45, 7) is 8.15. The van der Waals surface area contributed by atoms with Gasteiger partial charge in [0, 0.05) is 0 Å². The van der Waals surface area contributed by atoms with Gasteiger partial charge in [-0.05, 0) is 0 Å². The Morgan fingerprint density at radius 1 is 1.04 bits per heavy atom. The zero-order valence-electron chi connectivity index (χ0n) is 16.0. The fourth-order valence-corrected chi connectivity index (χ4v) is 20.0. The minimum atomic E-state index is -2.33. The minimum absolute atomic E-state index is 0.0840. The Bertz CT molecular complexity index is 424. The molecule has 0 aromatic carbocycles. The number of cyclic esters (lactones) is 1. The summed E-state index contributed by atoms with van der Waals surface area (Å²) in [7, 11) is 0. The molecule has 2 rings (SSSR count). The molecular formula is C20H36O3Sn. The van der Waals surface area contributed by atoms with E-state index >= 15 is 0 Å². The number of ether oxygens (including phenoxy) is 2. The Balaban J connectivity index is 2.27. The molecule has 0 aliphatic carbocycles. The van der Waals surface area contributed by atoms with Crippen molar-refractivity contribution in [3.63, 3.8) is 0 Å². The number of carbonyl (C=O) groups excluding carboxylic acids is 1. The molecule has 0 aromatic rings. The van der Waals surface area contributed by atoms with Crippen molar-refractivity contribution in [2.24, 2.45) is 0 Å². The summed E-state index contributed by atoms with van der Waals surface area (Å²) in [5, 5.41) is 0. The Kier molecular flexibility index (Phi) is 8.12. The van der Waals surface area contributed by atoms with Crippen LogP contribution in [0.3, 0.4) is 0 Å². The van der Waals surface area contributed by atoms with Crippen LogP contribution in [0.1, 0.15) is 72.1 Å². The summed E-state index contributed by atoms with van der Waals surface area (Å²) in [5.41, 5.74) is 1.05. The van der Waals surface area contributed by atoms with E-state index in [0.29, 0.717) is 13.0 Å². The van der Waals surface area contributed by atoms with Crippen LogP contribution in [-0.4, -0.2) is 43.2 Å². The van der Waals surface area contributed by atoms with Gasteiger partial charge in [0.1, 0.15) is 0 Å². The second-order valence-corrected chi connectivity index (χ2v) is 20.7. The number of carbonyl (C=O) groups is 1. The summed E-state index contributed by atoms with van der Waals surface area (Å²) in [6.07, 6.45) is 9.45. The van der Waals surface area contributed by atoms with Crippen molar-refractivity contribution in [1.82, 2.24) is 0 Å². The summed E-state index contributed by atoms with van der Waals surface area (Å²) >= 11 is -2.33. The molecule has 2 aliphatic rings. The maximum absolute atomic E-state index is 11.7. The van der Waals surface area contributed by atoms with Gasteiger partial charge in [0.25, 0.3) is 0 Å². The Morgan fingerprint density at radius 2 is 1.62 bits per heavy atom. The standard InChI is InChI=1S/C8H9O3.3C4H9.Sn/c1-6-2-3-11-8(6)4-7(9)10-5-8;3*1-3-4-2;/h1H,2-5H2;3*1,3-4H2,2H3;. The molecule has 1 atom stereocenters. The van der Waals surface area contributed by atoms with E-state index in [1.54, 1.807) is 0 Å². The molecule has 0 aromatic heterocycles. The summed E-state index contributed by atoms with van der Waals surface area (Å²) in [5.74, 6) is -0.0840. The topological polar surface area (TPSA) is 35.5 Å². The van der Waals surface area contributed by atoms with Gasteiger partial charge in [-0.2, -0.15) is 0 Å². The van der Waals surface area contributed by atoms with Crippen molar-refractivity contribution in [3.8, 4) is 0 Å². The van der Waals surface area contributed by atoms with Gasteiger partial charge >= 0.3 is 153 Å². The molecule has 0 saturated carbocycles. The molecule has 138 valence electrons. The van der Waals surface area contributed by atoms with Crippen LogP contribution in [-0.2, 0) is 14.3 Å². The zero-order chi connectivity index (χ0) is 17.5. The van der Waals surface area contributed by atoms with Crippen molar-refractivity contribution in [3.05, 3.63) is 9.67 Å². The number of rotatable bonds is 10. The van der Waals surface area contributed by atoms with E-state index in [4.69, 9.17) is 9.47 Å². The molecule has 2 aliphatic heterocycles. The first kappa shape index (κ1) is 20.3. The van der Waals surface area contributed by atoms with Crippen molar-refractivity contribution in [2.75, 3.05) is 13.2 Å². The molecule has 0 N–H and O–H groups in total. The number of hydrogen-bond donors (Lipinski definition) is 0. The predicted octanol–water partition coefficient (Wildman–Crippen LogP) is 5.41. The van der Waals surface area contributed by atoms with Gasteiger partial charge in [0.05, 0.1) is 0 Å². The van der Waals surface area contributed by atoms with Crippen molar-refractivity contribution in [1.29, 1.82) is 0 Å². The van der Waals surface area contributed by atoms with E-state index in [1.165, 1.54) is 57.4 Å². The molecule has 0 bridgehead atoms. The average molecular weight is 443 g/mol. The number of unbranched alkanes of at least 4 members (excludes halogenated alkanes) is 3. The number of esters is 1. The molecular weight excluding hydrogens is 407 g/mol. The van der Waals surface area contributed by atoms with Gasteiger partial charge in [0.15, 0.2) is 0 Å². The van der Waals surface area contributed by atoms with Crippen molar-refractivity contribution < 1.29 is 14.3 Å². The monoisotopic (exact) mass is 444 g/mol. The van der Waals surface area contributed by atoms with Gasteiger partial charge in [-0.3, -0.25) is 0 Å². The second-order valence-electron chi connectivity index (χ2n) is 7.77. The van der Waals surface area contributed by atoms with Gasteiger partial charge in [-0.1, -0.05) is 0 Å². The summed E-state index contributed by atoms with van der Waals surface area (Å²) in [4.78, 5) is 11.7. The first-order valence-electron chi connectivity index (χ1n) is 10.1. The molecule has 2 heterocycles. The van der Waals surface area contributed by atoms with E-state index in [-0.39, 0.29) is 11.6 Å². The van der Waals surface area contributed by atoms with E-state index in [9.17, 15) is 4.79 Å². The maximum atomic E-state index is 11.7. The average Bonchev–Trinajstić information content (AvgIpc) is 3.15. The van der Waals surface area contributed by atoms with E-state index < -0.39 is 18.4 Å². The van der Waals surface area contributed by atoms with Crippen LogP contribution >= 0.6 is 0 Å². The van der Waals surface area contributed by atoms with Gasteiger partial charge in [-0.15, -0.1) is 0 Å². The Morgan fingerprint density at radius 3 is 2.08 bits per heavy atom. The third-order valence-corrected chi connectivity index (χ3v) is 20.1. The van der Waals surface area contributed by atoms with Crippen LogP contribution in [0.15, 0.2) is 9.67 Å². The molecule has 2 saturated heterocycles. The van der Waals surface area contributed by atoms with E-state index in [2.05, 4.69) is 24.9 Å². The van der Waals surface area contributed by atoms with E-state index in [0.717, 1.165) is 13.0 Å². The molecule has 4 heteroatoms. The SMILES string of the molecule is CCC[CH2][Sn](/[CH]=C1\CCOC12COC(=O)C2)([CH2]CCC)[CH2]CCC. The fourth-order valence-electron chi connectivity index (χ4n) is 4.26. The molecule has 0 amide bonds. The first-order chi connectivity index (χ1) is 11.6. The molecule has 1 spiro atoms.